The van der Waals surface area contributed by atoms with E-state index in [1.807, 2.05) is 72.8 Å². The van der Waals surface area contributed by atoms with Crippen molar-refractivity contribution in [1.82, 2.24) is 25.5 Å². The van der Waals surface area contributed by atoms with Gasteiger partial charge in [-0.25, -0.2) is 0 Å². The maximum absolute atomic E-state index is 12.8. The molecule has 156 valence electrons. The molecule has 0 radical (unpaired) electrons. The normalized spacial score (nSPS) is 11.6. The Morgan fingerprint density at radius 3 is 2.48 bits per heavy atom. The fourth-order valence-electron chi connectivity index (χ4n) is 3.34. The van der Waals surface area contributed by atoms with E-state index in [1.165, 1.54) is 4.80 Å². The molecule has 1 unspecified atom stereocenters. The highest BCUT2D eigenvalue weighted by molar-refractivity contribution is 5.76. The molecule has 1 atom stereocenters. The Balaban J connectivity index is 1.46. The maximum atomic E-state index is 12.8. The summed E-state index contributed by atoms with van der Waals surface area (Å²) in [4.78, 5) is 14.1. The van der Waals surface area contributed by atoms with Gasteiger partial charge in [0.2, 0.25) is 11.7 Å². The third-order valence-corrected chi connectivity index (χ3v) is 4.89. The first-order valence-corrected chi connectivity index (χ1v) is 10.0. The van der Waals surface area contributed by atoms with Crippen molar-refractivity contribution >= 4 is 5.91 Å². The van der Waals surface area contributed by atoms with Gasteiger partial charge in [-0.2, -0.15) is 4.80 Å². The van der Waals surface area contributed by atoms with Gasteiger partial charge in [-0.1, -0.05) is 72.8 Å². The topological polar surface area (TPSA) is 81.9 Å². The molecule has 0 aliphatic heterocycles. The van der Waals surface area contributed by atoms with Crippen LogP contribution in [0.1, 0.15) is 17.2 Å². The minimum atomic E-state index is -0.181. The molecule has 7 heteroatoms. The minimum absolute atomic E-state index is 0.0188. The van der Waals surface area contributed by atoms with E-state index in [4.69, 9.17) is 4.74 Å². The van der Waals surface area contributed by atoms with Gasteiger partial charge < -0.3 is 10.1 Å². The summed E-state index contributed by atoms with van der Waals surface area (Å²) in [5.74, 6) is 0.966. The number of hydrogen-bond acceptors (Lipinski definition) is 5. The molecular weight excluding hydrogens is 390 g/mol. The van der Waals surface area contributed by atoms with Gasteiger partial charge in [0.25, 0.3) is 0 Å². The molecule has 4 rings (SSSR count). The Hall–Kier alpha value is -4.00. The first-order chi connectivity index (χ1) is 15.2. The largest absolute Gasteiger partial charge is 0.497 e. The van der Waals surface area contributed by atoms with Crippen LogP contribution in [0.5, 0.6) is 5.75 Å². The molecule has 0 aliphatic rings. The van der Waals surface area contributed by atoms with Crippen LogP contribution in [-0.2, 0) is 17.8 Å². The van der Waals surface area contributed by atoms with Crippen molar-refractivity contribution in [1.29, 1.82) is 0 Å². The highest BCUT2D eigenvalue weighted by Crippen LogP contribution is 2.20. The summed E-state index contributed by atoms with van der Waals surface area (Å²) in [6, 6.07) is 27.3. The first-order valence-electron chi connectivity index (χ1n) is 10.0. The van der Waals surface area contributed by atoms with Crippen LogP contribution in [0.4, 0.5) is 0 Å². The van der Waals surface area contributed by atoms with Crippen LogP contribution in [0.25, 0.3) is 11.4 Å². The van der Waals surface area contributed by atoms with Gasteiger partial charge in [0.05, 0.1) is 13.2 Å². The standard InChI is InChI=1S/C24H23N5O2/c1-31-21-14-8-13-20(16-21)24-26-28-29(27-24)17-23(30)25-22(19-11-6-3-7-12-19)15-18-9-4-2-5-10-18/h2-14,16,22H,15,17H2,1H3,(H,25,30). The number of carbonyl (C=O) groups is 1. The van der Waals surface area contributed by atoms with Gasteiger partial charge in [-0.05, 0) is 34.9 Å². The van der Waals surface area contributed by atoms with Gasteiger partial charge in [0.15, 0.2) is 0 Å². The summed E-state index contributed by atoms with van der Waals surface area (Å²) in [6.07, 6.45) is 0.691. The predicted octanol–water partition coefficient (Wildman–Crippen LogP) is 3.45. The average molecular weight is 413 g/mol. The number of hydrogen-bond donors (Lipinski definition) is 1. The van der Waals surface area contributed by atoms with Gasteiger partial charge in [-0.15, -0.1) is 10.2 Å². The highest BCUT2D eigenvalue weighted by atomic mass is 16.5. The minimum Gasteiger partial charge on any atom is -0.497 e. The molecule has 3 aromatic carbocycles. The number of nitrogens with one attached hydrogen (secondary N) is 1. The number of amides is 1. The lowest BCUT2D eigenvalue weighted by molar-refractivity contribution is -0.122. The van der Waals surface area contributed by atoms with E-state index < -0.39 is 0 Å². The number of carbonyl (C=O) groups excluding carboxylic acids is 1. The second-order valence-electron chi connectivity index (χ2n) is 7.10. The van der Waals surface area contributed by atoms with Crippen LogP contribution in [-0.4, -0.2) is 33.2 Å². The monoisotopic (exact) mass is 413 g/mol. The molecule has 1 aromatic heterocycles. The SMILES string of the molecule is COc1cccc(-c2nnn(CC(=O)NC(Cc3ccccc3)c3ccccc3)n2)c1. The fourth-order valence-corrected chi connectivity index (χ4v) is 3.34. The molecule has 0 spiro atoms. The summed E-state index contributed by atoms with van der Waals surface area (Å²) in [7, 11) is 1.60. The number of nitrogens with zero attached hydrogens (tertiary/aromatic N) is 4. The molecule has 0 saturated carbocycles. The number of tetrazole rings is 1. The van der Waals surface area contributed by atoms with Gasteiger partial charge in [-0.3, -0.25) is 4.79 Å². The Bertz CT molecular complexity index is 1130. The van der Waals surface area contributed by atoms with Crippen LogP contribution >= 0.6 is 0 Å². The summed E-state index contributed by atoms with van der Waals surface area (Å²) in [5, 5.41) is 15.5. The smallest absolute Gasteiger partial charge is 0.244 e. The molecule has 4 aromatic rings. The van der Waals surface area contributed by atoms with Crippen LogP contribution in [0.15, 0.2) is 84.9 Å². The van der Waals surface area contributed by atoms with Crippen molar-refractivity contribution in [2.75, 3.05) is 7.11 Å². The summed E-state index contributed by atoms with van der Waals surface area (Å²) in [5.41, 5.74) is 2.97. The van der Waals surface area contributed by atoms with Crippen molar-refractivity contribution in [3.63, 3.8) is 0 Å². The van der Waals surface area contributed by atoms with E-state index in [0.717, 1.165) is 16.7 Å². The van der Waals surface area contributed by atoms with Crippen molar-refractivity contribution in [2.24, 2.45) is 0 Å². The number of ether oxygens (including phenoxy) is 1. The summed E-state index contributed by atoms with van der Waals surface area (Å²) in [6.45, 7) is -0.0188. The summed E-state index contributed by atoms with van der Waals surface area (Å²) >= 11 is 0. The lowest BCUT2D eigenvalue weighted by atomic mass is 9.99. The fraction of sp³-hybridized carbons (Fsp3) is 0.167. The number of benzene rings is 3. The van der Waals surface area contributed by atoms with E-state index >= 15 is 0 Å². The zero-order chi connectivity index (χ0) is 21.5. The molecule has 7 nitrogen and oxygen atoms in total. The van der Waals surface area contributed by atoms with Crippen molar-refractivity contribution in [3.05, 3.63) is 96.1 Å². The van der Waals surface area contributed by atoms with E-state index in [0.29, 0.717) is 18.0 Å². The third-order valence-electron chi connectivity index (χ3n) is 4.89. The van der Waals surface area contributed by atoms with Gasteiger partial charge in [0, 0.05) is 5.56 Å². The zero-order valence-corrected chi connectivity index (χ0v) is 17.2. The van der Waals surface area contributed by atoms with E-state index in [9.17, 15) is 4.79 Å². The van der Waals surface area contributed by atoms with Gasteiger partial charge >= 0.3 is 0 Å². The number of methoxy groups -OCH3 is 1. The Labute approximate surface area is 180 Å². The molecular formula is C24H23N5O2. The van der Waals surface area contributed by atoms with Crippen molar-refractivity contribution in [2.45, 2.75) is 19.0 Å². The Morgan fingerprint density at radius 2 is 1.74 bits per heavy atom. The van der Waals surface area contributed by atoms with Crippen molar-refractivity contribution < 1.29 is 9.53 Å². The van der Waals surface area contributed by atoms with Crippen LogP contribution in [0.3, 0.4) is 0 Å². The van der Waals surface area contributed by atoms with Crippen molar-refractivity contribution in [3.8, 4) is 17.1 Å². The molecule has 0 fully saturated rings. The van der Waals surface area contributed by atoms with Crippen LogP contribution in [0.2, 0.25) is 0 Å². The number of aromatic nitrogens is 4. The predicted molar refractivity (Wildman–Crippen MR) is 117 cm³/mol. The second kappa shape index (κ2) is 9.67. The Morgan fingerprint density at radius 1 is 1.00 bits per heavy atom. The average Bonchev–Trinajstić information content (AvgIpc) is 3.28. The third kappa shape index (κ3) is 5.33. The highest BCUT2D eigenvalue weighted by Gasteiger charge is 2.17. The van der Waals surface area contributed by atoms with Crippen LogP contribution < -0.4 is 10.1 Å². The maximum Gasteiger partial charge on any atom is 0.244 e. The molecule has 1 heterocycles. The number of rotatable bonds is 8. The van der Waals surface area contributed by atoms with Crippen LogP contribution in [0, 0.1) is 0 Å². The van der Waals surface area contributed by atoms with E-state index in [2.05, 4.69) is 32.9 Å². The quantitative estimate of drug-likeness (QED) is 0.478. The summed E-state index contributed by atoms with van der Waals surface area (Å²) < 4.78 is 5.24. The molecule has 0 bridgehead atoms. The molecule has 1 N–H and O–H groups in total. The molecule has 1 amide bonds. The lowest BCUT2D eigenvalue weighted by Crippen LogP contribution is -2.33. The zero-order valence-electron chi connectivity index (χ0n) is 17.2. The molecule has 0 saturated heterocycles. The van der Waals surface area contributed by atoms with E-state index in [1.54, 1.807) is 7.11 Å². The lowest BCUT2D eigenvalue weighted by Gasteiger charge is -2.19. The van der Waals surface area contributed by atoms with Gasteiger partial charge in [0.1, 0.15) is 12.3 Å². The van der Waals surface area contributed by atoms with E-state index in [-0.39, 0.29) is 18.5 Å². The first kappa shape index (κ1) is 20.3. The molecule has 0 aliphatic carbocycles. The second-order valence-corrected chi connectivity index (χ2v) is 7.10. The molecule has 31 heavy (non-hydrogen) atoms. The Kier molecular flexibility index (Phi) is 6.32.